The minimum absolute atomic E-state index is 0.207. The molecule has 2 aromatic rings. The Balaban J connectivity index is 1.50. The summed E-state index contributed by atoms with van der Waals surface area (Å²) in [7, 11) is 0. The van der Waals surface area contributed by atoms with Gasteiger partial charge in [-0.05, 0) is 55.9 Å². The number of amides is 4. The second kappa shape index (κ2) is 9.96. The lowest BCUT2D eigenvalue weighted by atomic mass is 10.1. The first-order valence-electron chi connectivity index (χ1n) is 10.3. The van der Waals surface area contributed by atoms with Gasteiger partial charge in [-0.25, -0.2) is 9.59 Å². The molecule has 0 aromatic heterocycles. The van der Waals surface area contributed by atoms with E-state index in [-0.39, 0.29) is 12.1 Å². The predicted octanol–water partition coefficient (Wildman–Crippen LogP) is 4.94. The van der Waals surface area contributed by atoms with E-state index >= 15 is 0 Å². The molecule has 6 heteroatoms. The van der Waals surface area contributed by atoms with Gasteiger partial charge in [0, 0.05) is 24.5 Å². The van der Waals surface area contributed by atoms with Gasteiger partial charge in [-0.3, -0.25) is 0 Å². The van der Waals surface area contributed by atoms with Crippen molar-refractivity contribution in [3.05, 3.63) is 59.2 Å². The molecule has 0 bridgehead atoms. The van der Waals surface area contributed by atoms with Crippen LogP contribution < -0.4 is 21.3 Å². The van der Waals surface area contributed by atoms with E-state index in [1.165, 1.54) is 31.2 Å². The van der Waals surface area contributed by atoms with Gasteiger partial charge >= 0.3 is 12.1 Å². The van der Waals surface area contributed by atoms with Crippen molar-refractivity contribution in [1.29, 1.82) is 0 Å². The fourth-order valence-corrected chi connectivity index (χ4v) is 3.52. The van der Waals surface area contributed by atoms with E-state index < -0.39 is 0 Å². The molecule has 0 aliphatic heterocycles. The lowest BCUT2D eigenvalue weighted by Gasteiger charge is -2.14. The van der Waals surface area contributed by atoms with E-state index in [9.17, 15) is 9.59 Å². The number of benzene rings is 2. The van der Waals surface area contributed by atoms with Crippen LogP contribution in [-0.2, 0) is 6.54 Å². The minimum atomic E-state index is -0.286. The first-order chi connectivity index (χ1) is 14.0. The van der Waals surface area contributed by atoms with Gasteiger partial charge in [0.1, 0.15) is 0 Å². The molecule has 1 aliphatic carbocycles. The van der Waals surface area contributed by atoms with Gasteiger partial charge in [0.2, 0.25) is 0 Å². The maximum atomic E-state index is 12.2. The third-order valence-electron chi connectivity index (χ3n) is 5.34. The van der Waals surface area contributed by atoms with Crippen molar-refractivity contribution in [2.24, 2.45) is 5.92 Å². The smallest absolute Gasteiger partial charge is 0.319 e. The second-order valence-electron chi connectivity index (χ2n) is 7.81. The standard InChI is InChI=1S/C23H30N4O2/c1-16-7-10-19(11-8-16)15-24-22(28)26-20-12-9-17(2)21(13-20)27-23(29)25-14-18-5-3-4-6-18/h7-13,18H,3-6,14-15H2,1-2H3,(H2,24,26,28)(H2,25,27,29). The molecule has 0 spiro atoms. The molecule has 6 nitrogen and oxygen atoms in total. The van der Waals surface area contributed by atoms with Gasteiger partial charge in [0.15, 0.2) is 0 Å². The fourth-order valence-electron chi connectivity index (χ4n) is 3.52. The molecule has 154 valence electrons. The van der Waals surface area contributed by atoms with Gasteiger partial charge in [-0.15, -0.1) is 0 Å². The summed E-state index contributed by atoms with van der Waals surface area (Å²) < 4.78 is 0. The summed E-state index contributed by atoms with van der Waals surface area (Å²) in [5, 5.41) is 11.5. The maximum Gasteiger partial charge on any atom is 0.319 e. The Hall–Kier alpha value is -3.02. The number of carbonyl (C=O) groups excluding carboxylic acids is 2. The van der Waals surface area contributed by atoms with E-state index in [0.717, 1.165) is 11.1 Å². The Kier molecular flexibility index (Phi) is 7.11. The Labute approximate surface area is 172 Å². The quantitative estimate of drug-likeness (QED) is 0.560. The maximum absolute atomic E-state index is 12.2. The average molecular weight is 395 g/mol. The zero-order valence-electron chi connectivity index (χ0n) is 17.2. The number of hydrogen-bond donors (Lipinski definition) is 4. The van der Waals surface area contributed by atoms with Crippen molar-refractivity contribution < 1.29 is 9.59 Å². The Morgan fingerprint density at radius 3 is 2.31 bits per heavy atom. The molecule has 1 aliphatic rings. The van der Waals surface area contributed by atoms with E-state index in [1.807, 2.05) is 50.2 Å². The fraction of sp³-hybridized carbons (Fsp3) is 0.391. The highest BCUT2D eigenvalue weighted by Gasteiger charge is 2.16. The summed E-state index contributed by atoms with van der Waals surface area (Å²) in [4.78, 5) is 24.4. The Morgan fingerprint density at radius 2 is 1.59 bits per heavy atom. The number of urea groups is 2. The molecule has 0 radical (unpaired) electrons. The summed E-state index contributed by atoms with van der Waals surface area (Å²) in [6.45, 7) is 5.12. The molecule has 29 heavy (non-hydrogen) atoms. The molecule has 2 aromatic carbocycles. The van der Waals surface area contributed by atoms with Crippen molar-refractivity contribution in [2.75, 3.05) is 17.2 Å². The van der Waals surface area contributed by atoms with Gasteiger partial charge in [-0.1, -0.05) is 48.7 Å². The molecule has 0 unspecified atom stereocenters. The first-order valence-corrected chi connectivity index (χ1v) is 10.3. The van der Waals surface area contributed by atoms with E-state index in [2.05, 4.69) is 21.3 Å². The normalized spacial score (nSPS) is 13.7. The summed E-state index contributed by atoms with van der Waals surface area (Å²) in [6.07, 6.45) is 4.90. The van der Waals surface area contributed by atoms with Crippen LogP contribution in [0.4, 0.5) is 21.0 Å². The van der Waals surface area contributed by atoms with Crippen LogP contribution in [0.1, 0.15) is 42.4 Å². The third kappa shape index (κ3) is 6.52. The van der Waals surface area contributed by atoms with E-state index in [4.69, 9.17) is 0 Å². The highest BCUT2D eigenvalue weighted by atomic mass is 16.2. The minimum Gasteiger partial charge on any atom is -0.338 e. The van der Waals surface area contributed by atoms with Crippen molar-refractivity contribution in [3.8, 4) is 0 Å². The van der Waals surface area contributed by atoms with Crippen LogP contribution in [0.5, 0.6) is 0 Å². The molecule has 1 fully saturated rings. The predicted molar refractivity (Wildman–Crippen MR) is 117 cm³/mol. The largest absolute Gasteiger partial charge is 0.338 e. The lowest BCUT2D eigenvalue weighted by molar-refractivity contribution is 0.250. The third-order valence-corrected chi connectivity index (χ3v) is 5.34. The van der Waals surface area contributed by atoms with Crippen LogP contribution >= 0.6 is 0 Å². The van der Waals surface area contributed by atoms with Crippen molar-refractivity contribution in [1.82, 2.24) is 10.6 Å². The van der Waals surface area contributed by atoms with Crippen molar-refractivity contribution in [3.63, 3.8) is 0 Å². The van der Waals surface area contributed by atoms with Crippen molar-refractivity contribution >= 4 is 23.4 Å². The van der Waals surface area contributed by atoms with Gasteiger partial charge in [0.05, 0.1) is 0 Å². The highest BCUT2D eigenvalue weighted by molar-refractivity contribution is 5.93. The number of aryl methyl sites for hydroxylation is 2. The van der Waals surface area contributed by atoms with Crippen LogP contribution in [0.3, 0.4) is 0 Å². The lowest BCUT2D eigenvalue weighted by Crippen LogP contribution is -2.32. The topological polar surface area (TPSA) is 82.3 Å². The molecule has 4 N–H and O–H groups in total. The molecule has 1 saturated carbocycles. The summed E-state index contributed by atoms with van der Waals surface area (Å²) in [6, 6.07) is 13.0. The Bertz CT molecular complexity index is 842. The molecule has 0 heterocycles. The summed E-state index contributed by atoms with van der Waals surface area (Å²) >= 11 is 0. The summed E-state index contributed by atoms with van der Waals surface area (Å²) in [5.41, 5.74) is 4.47. The molecule has 0 atom stereocenters. The van der Waals surface area contributed by atoms with Gasteiger partial charge in [-0.2, -0.15) is 0 Å². The molecular formula is C23H30N4O2. The van der Waals surface area contributed by atoms with Crippen LogP contribution in [0.25, 0.3) is 0 Å². The van der Waals surface area contributed by atoms with E-state index in [1.54, 1.807) is 6.07 Å². The SMILES string of the molecule is Cc1ccc(CNC(=O)Nc2ccc(C)c(NC(=O)NCC3CCCC3)c2)cc1. The first kappa shape index (κ1) is 20.7. The van der Waals surface area contributed by atoms with Crippen LogP contribution in [0.2, 0.25) is 0 Å². The number of anilines is 2. The molecule has 4 amide bonds. The zero-order chi connectivity index (χ0) is 20.6. The molecule has 3 rings (SSSR count). The van der Waals surface area contributed by atoms with Gasteiger partial charge < -0.3 is 21.3 Å². The second-order valence-corrected chi connectivity index (χ2v) is 7.81. The number of hydrogen-bond acceptors (Lipinski definition) is 2. The summed E-state index contributed by atoms with van der Waals surface area (Å²) in [5.74, 6) is 0.590. The molecule has 0 saturated heterocycles. The van der Waals surface area contributed by atoms with Crippen LogP contribution in [0.15, 0.2) is 42.5 Å². The number of carbonyl (C=O) groups is 2. The Morgan fingerprint density at radius 1 is 0.897 bits per heavy atom. The van der Waals surface area contributed by atoms with Crippen LogP contribution in [-0.4, -0.2) is 18.6 Å². The average Bonchev–Trinajstić information content (AvgIpc) is 3.22. The zero-order valence-corrected chi connectivity index (χ0v) is 17.2. The number of rotatable bonds is 6. The highest BCUT2D eigenvalue weighted by Crippen LogP contribution is 2.24. The van der Waals surface area contributed by atoms with Gasteiger partial charge in [0.25, 0.3) is 0 Å². The number of nitrogens with one attached hydrogen (secondary N) is 4. The van der Waals surface area contributed by atoms with Crippen molar-refractivity contribution in [2.45, 2.75) is 46.1 Å². The van der Waals surface area contributed by atoms with Crippen LogP contribution in [0, 0.1) is 19.8 Å². The molecular weight excluding hydrogens is 364 g/mol. The monoisotopic (exact) mass is 394 g/mol. The van der Waals surface area contributed by atoms with E-state index in [0.29, 0.717) is 30.4 Å².